The predicted molar refractivity (Wildman–Crippen MR) is 75.9 cm³/mol. The van der Waals surface area contributed by atoms with E-state index in [1.54, 1.807) is 39.4 Å². The fraction of sp³-hybridized carbons (Fsp3) is 0.500. The van der Waals surface area contributed by atoms with Crippen molar-refractivity contribution < 1.29 is 19.4 Å². The highest BCUT2D eigenvalue weighted by Gasteiger charge is 2.35. The van der Waals surface area contributed by atoms with Crippen molar-refractivity contribution >= 4 is 5.91 Å². The maximum absolute atomic E-state index is 12.1. The Hall–Kier alpha value is -1.79. The average molecular weight is 282 g/mol. The molecule has 0 radical (unpaired) electrons. The minimum Gasteiger partial charge on any atom is -0.497 e. The normalized spacial score (nSPS) is 13.5. The molecule has 0 bridgehead atoms. The van der Waals surface area contributed by atoms with Crippen LogP contribution in [0.4, 0.5) is 0 Å². The minimum absolute atomic E-state index is 0.174. The molecule has 0 unspecified atom stereocenters. The van der Waals surface area contributed by atoms with Crippen molar-refractivity contribution in [2.75, 3.05) is 34.9 Å². The van der Waals surface area contributed by atoms with E-state index in [-0.39, 0.29) is 12.3 Å². The van der Waals surface area contributed by atoms with Crippen LogP contribution in [-0.2, 0) is 11.2 Å². The lowest BCUT2D eigenvalue weighted by molar-refractivity contribution is -0.135. The molecule has 6 heteroatoms. The van der Waals surface area contributed by atoms with Crippen LogP contribution < -0.4 is 15.2 Å². The number of likely N-dealkylation sites (N-methyl/N-ethyl adjacent to an activating group) is 1. The molecule has 0 aromatic heterocycles. The summed E-state index contributed by atoms with van der Waals surface area (Å²) in [6.45, 7) is -0.445. The molecule has 6 nitrogen and oxygen atoms in total. The van der Waals surface area contributed by atoms with E-state index in [1.165, 1.54) is 12.0 Å². The van der Waals surface area contributed by atoms with Gasteiger partial charge in [0.1, 0.15) is 17.0 Å². The molecule has 0 heterocycles. The number of carbonyl (C=O) groups excluding carboxylic acids is 1. The van der Waals surface area contributed by atoms with Gasteiger partial charge in [-0.15, -0.1) is 0 Å². The lowest BCUT2D eigenvalue weighted by Gasteiger charge is -2.29. The van der Waals surface area contributed by atoms with Gasteiger partial charge in [-0.2, -0.15) is 0 Å². The zero-order valence-electron chi connectivity index (χ0n) is 12.3. The summed E-state index contributed by atoms with van der Waals surface area (Å²) in [6, 6.07) is 5.25. The first kappa shape index (κ1) is 16.3. The van der Waals surface area contributed by atoms with Gasteiger partial charge in [0.2, 0.25) is 5.91 Å². The van der Waals surface area contributed by atoms with Crippen molar-refractivity contribution in [3.05, 3.63) is 23.8 Å². The summed E-state index contributed by atoms with van der Waals surface area (Å²) in [4.78, 5) is 13.5. The topological polar surface area (TPSA) is 85.0 Å². The van der Waals surface area contributed by atoms with Crippen LogP contribution in [0.1, 0.15) is 5.56 Å². The molecule has 3 N–H and O–H groups in total. The number of aliphatic hydroxyl groups is 1. The van der Waals surface area contributed by atoms with Crippen LogP contribution in [0.5, 0.6) is 11.5 Å². The third-order valence-electron chi connectivity index (χ3n) is 3.11. The molecular formula is C14H22N2O4. The van der Waals surface area contributed by atoms with Crippen molar-refractivity contribution in [1.82, 2.24) is 4.90 Å². The standard InChI is InChI=1S/C14H22N2O4/c1-16(2)13(18)14(15,9-17)8-10-5-6-11(19-3)7-12(10)20-4/h5-7,17H,8-9,15H2,1-4H3/t14-/m0/s1. The number of amides is 1. The molecule has 0 aliphatic heterocycles. The monoisotopic (exact) mass is 282 g/mol. The second-order valence-corrected chi connectivity index (χ2v) is 4.87. The highest BCUT2D eigenvalue weighted by Crippen LogP contribution is 2.27. The molecule has 0 aliphatic rings. The van der Waals surface area contributed by atoms with E-state index in [9.17, 15) is 9.90 Å². The Labute approximate surface area is 119 Å². The third kappa shape index (κ3) is 3.40. The molecule has 0 saturated heterocycles. The highest BCUT2D eigenvalue weighted by atomic mass is 16.5. The minimum atomic E-state index is -1.37. The molecule has 1 rings (SSSR count). The Morgan fingerprint density at radius 1 is 1.35 bits per heavy atom. The van der Waals surface area contributed by atoms with Crippen molar-refractivity contribution in [2.24, 2.45) is 5.73 Å². The Morgan fingerprint density at radius 2 is 2.00 bits per heavy atom. The number of methoxy groups -OCH3 is 2. The number of aliphatic hydroxyl groups excluding tert-OH is 1. The SMILES string of the molecule is COc1ccc(C[C@](N)(CO)C(=O)N(C)C)c(OC)c1. The van der Waals surface area contributed by atoms with Crippen LogP contribution in [0.15, 0.2) is 18.2 Å². The fourth-order valence-corrected chi connectivity index (χ4v) is 1.98. The molecule has 1 aromatic carbocycles. The maximum Gasteiger partial charge on any atom is 0.244 e. The summed E-state index contributed by atoms with van der Waals surface area (Å²) >= 11 is 0. The van der Waals surface area contributed by atoms with Crippen molar-refractivity contribution in [3.8, 4) is 11.5 Å². The second-order valence-electron chi connectivity index (χ2n) is 4.87. The molecule has 0 fully saturated rings. The Balaban J connectivity index is 3.09. The average Bonchev–Trinajstić information content (AvgIpc) is 2.46. The van der Waals surface area contributed by atoms with Crippen LogP contribution in [0.25, 0.3) is 0 Å². The van der Waals surface area contributed by atoms with Gasteiger partial charge >= 0.3 is 0 Å². The number of nitrogens with two attached hydrogens (primary N) is 1. The number of hydrogen-bond donors (Lipinski definition) is 2. The zero-order valence-corrected chi connectivity index (χ0v) is 12.3. The van der Waals surface area contributed by atoms with Gasteiger partial charge in [0, 0.05) is 26.6 Å². The lowest BCUT2D eigenvalue weighted by atomic mass is 9.90. The summed E-state index contributed by atoms with van der Waals surface area (Å²) < 4.78 is 10.4. The molecular weight excluding hydrogens is 260 g/mol. The highest BCUT2D eigenvalue weighted by molar-refractivity contribution is 5.86. The van der Waals surface area contributed by atoms with Gasteiger partial charge in [-0.25, -0.2) is 0 Å². The number of benzene rings is 1. The Morgan fingerprint density at radius 3 is 2.45 bits per heavy atom. The first-order valence-electron chi connectivity index (χ1n) is 6.20. The van der Waals surface area contributed by atoms with Crippen molar-refractivity contribution in [2.45, 2.75) is 12.0 Å². The smallest absolute Gasteiger partial charge is 0.244 e. The van der Waals surface area contributed by atoms with E-state index in [0.717, 1.165) is 5.56 Å². The molecule has 0 aliphatic carbocycles. The molecule has 112 valence electrons. The summed E-state index contributed by atoms with van der Waals surface area (Å²) in [6.07, 6.45) is 0.174. The Kier molecular flexibility index (Phi) is 5.35. The van der Waals surface area contributed by atoms with Crippen molar-refractivity contribution in [1.29, 1.82) is 0 Å². The van der Waals surface area contributed by atoms with Gasteiger partial charge in [0.15, 0.2) is 0 Å². The van der Waals surface area contributed by atoms with Crippen LogP contribution in [0, 0.1) is 0 Å². The summed E-state index contributed by atoms with van der Waals surface area (Å²) in [7, 11) is 6.30. The predicted octanol–water partition coefficient (Wildman–Crippen LogP) is 0.0243. The number of hydrogen-bond acceptors (Lipinski definition) is 5. The number of rotatable bonds is 6. The van der Waals surface area contributed by atoms with Gasteiger partial charge < -0.3 is 25.2 Å². The molecule has 1 aromatic rings. The number of nitrogens with zero attached hydrogens (tertiary/aromatic N) is 1. The third-order valence-corrected chi connectivity index (χ3v) is 3.11. The quantitative estimate of drug-likeness (QED) is 0.768. The van der Waals surface area contributed by atoms with Gasteiger partial charge in [-0.3, -0.25) is 4.79 Å². The van der Waals surface area contributed by atoms with Crippen LogP contribution in [0.3, 0.4) is 0 Å². The van der Waals surface area contributed by atoms with Crippen LogP contribution in [-0.4, -0.2) is 56.4 Å². The number of ether oxygens (including phenoxy) is 2. The van der Waals surface area contributed by atoms with E-state index < -0.39 is 12.1 Å². The zero-order chi connectivity index (χ0) is 15.3. The Bertz CT molecular complexity index is 476. The molecule has 0 spiro atoms. The molecule has 20 heavy (non-hydrogen) atoms. The molecule has 1 atom stereocenters. The van der Waals surface area contributed by atoms with E-state index in [0.29, 0.717) is 11.5 Å². The largest absolute Gasteiger partial charge is 0.497 e. The van der Waals surface area contributed by atoms with Gasteiger partial charge in [0.25, 0.3) is 0 Å². The summed E-state index contributed by atoms with van der Waals surface area (Å²) in [5.41, 5.74) is 5.41. The first-order chi connectivity index (χ1) is 9.37. The summed E-state index contributed by atoms with van der Waals surface area (Å²) in [5.74, 6) is 0.883. The van der Waals surface area contributed by atoms with E-state index in [1.807, 2.05) is 0 Å². The van der Waals surface area contributed by atoms with Gasteiger partial charge in [-0.05, 0) is 11.6 Å². The van der Waals surface area contributed by atoms with E-state index in [4.69, 9.17) is 15.2 Å². The van der Waals surface area contributed by atoms with E-state index in [2.05, 4.69) is 0 Å². The first-order valence-corrected chi connectivity index (χ1v) is 6.20. The molecule has 1 amide bonds. The molecule has 0 saturated carbocycles. The van der Waals surface area contributed by atoms with Crippen molar-refractivity contribution in [3.63, 3.8) is 0 Å². The second kappa shape index (κ2) is 6.58. The summed E-state index contributed by atoms with van der Waals surface area (Å²) in [5, 5.41) is 9.49. The fourth-order valence-electron chi connectivity index (χ4n) is 1.98. The van der Waals surface area contributed by atoms with Gasteiger partial charge in [-0.1, -0.05) is 6.07 Å². The number of carbonyl (C=O) groups is 1. The maximum atomic E-state index is 12.1. The van der Waals surface area contributed by atoms with Crippen LogP contribution >= 0.6 is 0 Å². The van der Waals surface area contributed by atoms with Gasteiger partial charge in [0.05, 0.1) is 20.8 Å². The lowest BCUT2D eigenvalue weighted by Crippen LogP contribution is -2.57. The van der Waals surface area contributed by atoms with E-state index >= 15 is 0 Å². The van der Waals surface area contributed by atoms with Crippen LogP contribution in [0.2, 0.25) is 0 Å².